The average molecular weight is 417 g/mol. The van der Waals surface area contributed by atoms with Gasteiger partial charge in [-0.05, 0) is 19.1 Å². The second-order valence-corrected chi connectivity index (χ2v) is 8.42. The van der Waals surface area contributed by atoms with Gasteiger partial charge in [0.25, 0.3) is 0 Å². The molecule has 2 aromatic rings. The summed E-state index contributed by atoms with van der Waals surface area (Å²) >= 11 is 1.64. The fourth-order valence-corrected chi connectivity index (χ4v) is 4.24. The molecule has 0 aliphatic carbocycles. The fourth-order valence-electron chi connectivity index (χ4n) is 3.55. The molecule has 2 saturated heterocycles. The van der Waals surface area contributed by atoms with E-state index in [0.717, 1.165) is 49.2 Å². The molecule has 0 N–H and O–H groups in total. The second-order valence-electron chi connectivity index (χ2n) is 7.48. The molecular weight excluding hydrogens is 388 g/mol. The largest absolute Gasteiger partial charge is 0.486 e. The molecule has 0 bridgehead atoms. The van der Waals surface area contributed by atoms with Gasteiger partial charge in [-0.15, -0.1) is 11.3 Å². The van der Waals surface area contributed by atoms with Crippen LogP contribution in [0.15, 0.2) is 29.6 Å². The maximum Gasteiger partial charge on any atom is 0.320 e. The first-order chi connectivity index (χ1) is 14.2. The lowest BCUT2D eigenvalue weighted by Crippen LogP contribution is -2.54. The van der Waals surface area contributed by atoms with Gasteiger partial charge in [-0.1, -0.05) is 17.7 Å². The summed E-state index contributed by atoms with van der Waals surface area (Å²) in [6.07, 6.45) is 0. The average Bonchev–Trinajstić information content (AvgIpc) is 3.21. The number of carbonyl (C=O) groups excluding carboxylic acids is 1. The van der Waals surface area contributed by atoms with E-state index in [1.54, 1.807) is 11.3 Å². The molecule has 2 amide bonds. The minimum absolute atomic E-state index is 0.150. The van der Waals surface area contributed by atoms with E-state index in [0.29, 0.717) is 32.9 Å². The number of thiazole rings is 1. The number of morpholine rings is 1. The monoisotopic (exact) mass is 416 g/mol. The predicted molar refractivity (Wildman–Crippen MR) is 112 cm³/mol. The lowest BCUT2D eigenvalue weighted by atomic mass is 10.2. The number of ether oxygens (including phenoxy) is 2. The highest BCUT2D eigenvalue weighted by Gasteiger charge is 2.26. The van der Waals surface area contributed by atoms with Crippen LogP contribution >= 0.6 is 11.3 Å². The first kappa shape index (κ1) is 20.1. The van der Waals surface area contributed by atoms with Crippen molar-refractivity contribution in [1.82, 2.24) is 19.7 Å². The highest BCUT2D eigenvalue weighted by atomic mass is 32.1. The Morgan fingerprint density at radius 1 is 1.07 bits per heavy atom. The van der Waals surface area contributed by atoms with Gasteiger partial charge >= 0.3 is 6.03 Å². The molecule has 0 radical (unpaired) electrons. The molecule has 7 nitrogen and oxygen atoms in total. The Hall–Kier alpha value is -2.16. The summed E-state index contributed by atoms with van der Waals surface area (Å²) in [6, 6.07) is 8.22. The fraction of sp³-hybridized carbons (Fsp3) is 0.524. The van der Waals surface area contributed by atoms with Crippen LogP contribution in [0.5, 0.6) is 5.75 Å². The third-order valence-electron chi connectivity index (χ3n) is 5.29. The normalized spacial score (nSPS) is 18.1. The van der Waals surface area contributed by atoms with Crippen molar-refractivity contribution in [2.45, 2.75) is 20.1 Å². The van der Waals surface area contributed by atoms with Crippen molar-refractivity contribution in [3.8, 4) is 5.75 Å². The Bertz CT molecular complexity index is 797. The molecule has 2 fully saturated rings. The lowest BCUT2D eigenvalue weighted by Gasteiger charge is -2.38. The molecule has 8 heteroatoms. The highest BCUT2D eigenvalue weighted by Crippen LogP contribution is 2.18. The van der Waals surface area contributed by atoms with Crippen molar-refractivity contribution in [3.05, 3.63) is 45.9 Å². The van der Waals surface area contributed by atoms with Crippen LogP contribution in [-0.2, 0) is 17.9 Å². The Kier molecular flexibility index (Phi) is 6.63. The molecular formula is C21H28N4O3S. The smallest absolute Gasteiger partial charge is 0.320 e. The Labute approximate surface area is 175 Å². The van der Waals surface area contributed by atoms with E-state index in [1.807, 2.05) is 34.1 Å². The number of nitrogens with zero attached hydrogens (tertiary/aromatic N) is 4. The Morgan fingerprint density at radius 3 is 2.48 bits per heavy atom. The summed E-state index contributed by atoms with van der Waals surface area (Å²) in [4.78, 5) is 23.5. The number of aromatic nitrogens is 1. The van der Waals surface area contributed by atoms with Crippen molar-refractivity contribution in [2.24, 2.45) is 0 Å². The Balaban J connectivity index is 1.21. The van der Waals surface area contributed by atoms with E-state index in [9.17, 15) is 4.79 Å². The van der Waals surface area contributed by atoms with Crippen LogP contribution < -0.4 is 4.74 Å². The summed E-state index contributed by atoms with van der Waals surface area (Å²) < 4.78 is 11.2. The third-order valence-corrected chi connectivity index (χ3v) is 6.16. The van der Waals surface area contributed by atoms with Gasteiger partial charge in [0.15, 0.2) is 0 Å². The van der Waals surface area contributed by atoms with Crippen LogP contribution in [0.2, 0.25) is 0 Å². The summed E-state index contributed by atoms with van der Waals surface area (Å²) in [5, 5.41) is 3.10. The molecule has 0 spiro atoms. The number of hydrogen-bond donors (Lipinski definition) is 0. The molecule has 0 atom stereocenters. The zero-order chi connectivity index (χ0) is 20.1. The van der Waals surface area contributed by atoms with Gasteiger partial charge in [-0.3, -0.25) is 4.90 Å². The molecule has 0 saturated carbocycles. The van der Waals surface area contributed by atoms with Crippen LogP contribution in [0, 0.1) is 6.92 Å². The first-order valence-electron chi connectivity index (χ1n) is 10.1. The molecule has 2 aliphatic rings. The number of aryl methyl sites for hydroxylation is 1. The SMILES string of the molecule is Cc1ccc(OCc2nc(CN3CCN(C(=O)N4CCOCC4)CC3)cs2)cc1. The summed E-state index contributed by atoms with van der Waals surface area (Å²) in [6.45, 7) is 9.36. The molecule has 3 heterocycles. The van der Waals surface area contributed by atoms with Crippen LogP contribution in [0.3, 0.4) is 0 Å². The van der Waals surface area contributed by atoms with Gasteiger partial charge in [0.2, 0.25) is 0 Å². The van der Waals surface area contributed by atoms with Gasteiger partial charge in [-0.25, -0.2) is 9.78 Å². The van der Waals surface area contributed by atoms with Gasteiger partial charge in [0.1, 0.15) is 17.4 Å². The summed E-state index contributed by atoms with van der Waals surface area (Å²) in [5.74, 6) is 0.869. The molecule has 29 heavy (non-hydrogen) atoms. The van der Waals surface area contributed by atoms with Crippen LogP contribution in [-0.4, -0.2) is 78.2 Å². The zero-order valence-corrected chi connectivity index (χ0v) is 17.7. The van der Waals surface area contributed by atoms with Crippen molar-refractivity contribution in [3.63, 3.8) is 0 Å². The van der Waals surface area contributed by atoms with E-state index in [-0.39, 0.29) is 6.03 Å². The van der Waals surface area contributed by atoms with E-state index in [2.05, 4.69) is 17.2 Å². The molecule has 4 rings (SSSR count). The highest BCUT2D eigenvalue weighted by molar-refractivity contribution is 7.09. The van der Waals surface area contributed by atoms with Crippen molar-refractivity contribution < 1.29 is 14.3 Å². The number of benzene rings is 1. The van der Waals surface area contributed by atoms with E-state index >= 15 is 0 Å². The molecule has 156 valence electrons. The maximum atomic E-state index is 12.6. The minimum Gasteiger partial charge on any atom is -0.486 e. The molecule has 1 aromatic carbocycles. The van der Waals surface area contributed by atoms with Crippen LogP contribution in [0.1, 0.15) is 16.3 Å². The minimum atomic E-state index is 0.150. The summed E-state index contributed by atoms with van der Waals surface area (Å²) in [5.41, 5.74) is 2.30. The first-order valence-corrected chi connectivity index (χ1v) is 11.0. The molecule has 2 aliphatic heterocycles. The number of carbonyl (C=O) groups is 1. The third kappa shape index (κ3) is 5.46. The topological polar surface area (TPSA) is 58.1 Å². The standard InChI is InChI=1S/C21H28N4O3S/c1-17-2-4-19(5-3-17)28-15-20-22-18(16-29-20)14-23-6-8-24(9-7-23)21(26)25-10-12-27-13-11-25/h2-5,16H,6-15H2,1H3. The molecule has 0 unspecified atom stereocenters. The van der Waals surface area contributed by atoms with Crippen LogP contribution in [0.4, 0.5) is 4.79 Å². The second kappa shape index (κ2) is 9.56. The Morgan fingerprint density at radius 2 is 1.76 bits per heavy atom. The van der Waals surface area contributed by atoms with Crippen LogP contribution in [0.25, 0.3) is 0 Å². The van der Waals surface area contributed by atoms with Gasteiger partial charge in [-0.2, -0.15) is 0 Å². The maximum absolute atomic E-state index is 12.6. The quantitative estimate of drug-likeness (QED) is 0.750. The number of amides is 2. The van der Waals surface area contributed by atoms with Crippen molar-refractivity contribution in [2.75, 3.05) is 52.5 Å². The number of piperazine rings is 1. The number of hydrogen-bond acceptors (Lipinski definition) is 6. The molecule has 1 aromatic heterocycles. The lowest BCUT2D eigenvalue weighted by molar-refractivity contribution is 0.0372. The van der Waals surface area contributed by atoms with Gasteiger partial charge < -0.3 is 19.3 Å². The van der Waals surface area contributed by atoms with E-state index in [4.69, 9.17) is 14.5 Å². The van der Waals surface area contributed by atoms with Gasteiger partial charge in [0.05, 0.1) is 18.9 Å². The van der Waals surface area contributed by atoms with Crippen molar-refractivity contribution >= 4 is 17.4 Å². The van der Waals surface area contributed by atoms with Gasteiger partial charge in [0, 0.05) is 51.2 Å². The number of urea groups is 1. The predicted octanol–water partition coefficient (Wildman–Crippen LogP) is 2.60. The zero-order valence-electron chi connectivity index (χ0n) is 16.9. The number of rotatable bonds is 5. The van der Waals surface area contributed by atoms with E-state index in [1.165, 1.54) is 5.56 Å². The van der Waals surface area contributed by atoms with Crippen molar-refractivity contribution in [1.29, 1.82) is 0 Å². The summed E-state index contributed by atoms with van der Waals surface area (Å²) in [7, 11) is 0. The van der Waals surface area contributed by atoms with E-state index < -0.39 is 0 Å².